The lowest BCUT2D eigenvalue weighted by atomic mass is 9.41. The average Bonchev–Trinajstić information content (AvgIpc) is 3.05. The highest BCUT2D eigenvalue weighted by atomic mass is 16.4. The zero-order chi connectivity index (χ0) is 21.8. The second-order valence-corrected chi connectivity index (χ2v) is 12.0. The fourth-order valence-corrected chi connectivity index (χ4v) is 9.48. The zero-order valence-electron chi connectivity index (χ0n) is 19.5. The molecule has 4 aliphatic rings. The van der Waals surface area contributed by atoms with Gasteiger partial charge in [-0.2, -0.15) is 0 Å². The minimum absolute atomic E-state index is 0.194. The fraction of sp³-hybridized carbons (Fsp3) is 0.962. The van der Waals surface area contributed by atoms with Gasteiger partial charge in [0, 0.05) is 6.42 Å². The lowest BCUT2D eigenvalue weighted by Crippen LogP contribution is -2.62. The molecule has 0 saturated heterocycles. The van der Waals surface area contributed by atoms with Crippen LogP contribution in [-0.2, 0) is 4.79 Å². The summed E-state index contributed by atoms with van der Waals surface area (Å²) in [7, 11) is 0. The van der Waals surface area contributed by atoms with Gasteiger partial charge < -0.3 is 15.3 Å². The molecule has 0 radical (unpaired) electrons. The van der Waals surface area contributed by atoms with Gasteiger partial charge in [0.05, 0.1) is 12.2 Å². The molecule has 0 bridgehead atoms. The Hall–Kier alpha value is -0.610. The van der Waals surface area contributed by atoms with Gasteiger partial charge in [0.15, 0.2) is 0 Å². The van der Waals surface area contributed by atoms with Crippen molar-refractivity contribution in [1.29, 1.82) is 0 Å². The monoisotopic (exact) mass is 420 g/mol. The van der Waals surface area contributed by atoms with Gasteiger partial charge in [0.1, 0.15) is 0 Å². The molecule has 0 aromatic carbocycles. The van der Waals surface area contributed by atoms with Crippen molar-refractivity contribution in [2.24, 2.45) is 52.3 Å². The predicted octanol–water partition coefficient (Wildman–Crippen LogP) is 5.11. The number of aliphatic carboxylic acids is 1. The summed E-state index contributed by atoms with van der Waals surface area (Å²) < 4.78 is 0. The smallest absolute Gasteiger partial charge is 0.303 e. The van der Waals surface area contributed by atoms with Crippen molar-refractivity contribution in [3.05, 3.63) is 0 Å². The first-order valence-corrected chi connectivity index (χ1v) is 12.7. The summed E-state index contributed by atoms with van der Waals surface area (Å²) in [6.07, 6.45) is 9.27. The molecule has 4 rings (SSSR count). The van der Waals surface area contributed by atoms with Crippen LogP contribution < -0.4 is 0 Å². The molecule has 11 atom stereocenters. The normalized spacial score (nSPS) is 51.5. The van der Waals surface area contributed by atoms with Crippen LogP contribution in [0.5, 0.6) is 0 Å². The molecule has 172 valence electrons. The van der Waals surface area contributed by atoms with Crippen LogP contribution in [0.25, 0.3) is 0 Å². The maximum atomic E-state index is 11.7. The van der Waals surface area contributed by atoms with Gasteiger partial charge >= 0.3 is 5.97 Å². The van der Waals surface area contributed by atoms with Gasteiger partial charge in [0.25, 0.3) is 0 Å². The van der Waals surface area contributed by atoms with E-state index in [0.717, 1.165) is 32.1 Å². The largest absolute Gasteiger partial charge is 0.481 e. The molecular weight excluding hydrogens is 376 g/mol. The Kier molecular flexibility index (Phi) is 6.07. The second kappa shape index (κ2) is 8.06. The third kappa shape index (κ3) is 3.36. The maximum absolute atomic E-state index is 11.7. The third-order valence-electron chi connectivity index (χ3n) is 11.0. The van der Waals surface area contributed by atoms with E-state index in [1.807, 2.05) is 0 Å². The third-order valence-corrected chi connectivity index (χ3v) is 11.0. The number of carboxylic acid groups (broad SMARTS) is 1. The van der Waals surface area contributed by atoms with Crippen molar-refractivity contribution in [1.82, 2.24) is 0 Å². The Morgan fingerprint density at radius 3 is 2.33 bits per heavy atom. The number of aliphatic hydroxyl groups is 2. The highest BCUT2D eigenvalue weighted by Crippen LogP contribution is 2.69. The summed E-state index contributed by atoms with van der Waals surface area (Å²) in [5.41, 5.74) is 0.480. The molecule has 4 nitrogen and oxygen atoms in total. The number of carboxylic acids is 1. The first-order chi connectivity index (χ1) is 14.1. The van der Waals surface area contributed by atoms with E-state index in [0.29, 0.717) is 41.4 Å². The Morgan fingerprint density at radius 1 is 1.00 bits per heavy atom. The number of hydrogen-bond acceptors (Lipinski definition) is 3. The summed E-state index contributed by atoms with van der Waals surface area (Å²) in [5, 5.41) is 31.3. The topological polar surface area (TPSA) is 77.8 Å². The molecule has 4 saturated carbocycles. The Labute approximate surface area is 182 Å². The van der Waals surface area contributed by atoms with Crippen LogP contribution in [0.3, 0.4) is 0 Å². The lowest BCUT2D eigenvalue weighted by Gasteiger charge is -2.64. The van der Waals surface area contributed by atoms with Crippen molar-refractivity contribution in [3.8, 4) is 0 Å². The summed E-state index contributed by atoms with van der Waals surface area (Å²) in [4.78, 5) is 11.1. The van der Waals surface area contributed by atoms with Crippen LogP contribution in [0.4, 0.5) is 0 Å². The van der Waals surface area contributed by atoms with Crippen LogP contribution >= 0.6 is 0 Å². The average molecular weight is 421 g/mol. The summed E-state index contributed by atoms with van der Waals surface area (Å²) in [5.74, 6) is 2.58. The quantitative estimate of drug-likeness (QED) is 0.577. The molecule has 30 heavy (non-hydrogen) atoms. The van der Waals surface area contributed by atoms with Gasteiger partial charge in [-0.05, 0) is 104 Å². The van der Waals surface area contributed by atoms with E-state index in [1.54, 1.807) is 0 Å². The molecule has 0 aromatic heterocycles. The van der Waals surface area contributed by atoms with E-state index in [2.05, 4.69) is 27.7 Å². The van der Waals surface area contributed by atoms with Crippen LogP contribution in [0.1, 0.15) is 91.9 Å². The molecular formula is C26H44O4. The molecule has 0 amide bonds. The number of fused-ring (bicyclic) bond motifs is 5. The SMILES string of the molecule is CC[C@@H]1C2C[C@@H](O)CC[C@]2(C)[C@H]2CC[C@]3(C)[C@@H]([C@H](C)CCC(=O)O)CC[C@H]3[C@@H]2[C@H]1O. The van der Waals surface area contributed by atoms with E-state index >= 15 is 0 Å². The molecule has 0 aromatic rings. The van der Waals surface area contributed by atoms with E-state index in [1.165, 1.54) is 25.7 Å². The Morgan fingerprint density at radius 2 is 1.67 bits per heavy atom. The van der Waals surface area contributed by atoms with E-state index in [-0.39, 0.29) is 29.5 Å². The molecule has 4 heteroatoms. The maximum Gasteiger partial charge on any atom is 0.303 e. The predicted molar refractivity (Wildman–Crippen MR) is 118 cm³/mol. The summed E-state index contributed by atoms with van der Waals surface area (Å²) in [6.45, 7) is 9.44. The molecule has 0 aliphatic heterocycles. The molecule has 0 heterocycles. The van der Waals surface area contributed by atoms with Crippen LogP contribution in [0.2, 0.25) is 0 Å². The van der Waals surface area contributed by atoms with Gasteiger partial charge in [-0.3, -0.25) is 4.79 Å². The minimum Gasteiger partial charge on any atom is -0.481 e. The van der Waals surface area contributed by atoms with Crippen LogP contribution in [-0.4, -0.2) is 33.5 Å². The molecule has 4 aliphatic carbocycles. The number of hydrogen-bond donors (Lipinski definition) is 3. The minimum atomic E-state index is -0.683. The van der Waals surface area contributed by atoms with E-state index in [4.69, 9.17) is 5.11 Å². The van der Waals surface area contributed by atoms with E-state index < -0.39 is 5.97 Å². The molecule has 4 fully saturated rings. The molecule has 3 N–H and O–H groups in total. The van der Waals surface area contributed by atoms with Gasteiger partial charge in [-0.1, -0.05) is 34.1 Å². The highest BCUT2D eigenvalue weighted by molar-refractivity contribution is 5.66. The van der Waals surface area contributed by atoms with Crippen molar-refractivity contribution in [2.45, 2.75) is 104 Å². The van der Waals surface area contributed by atoms with Crippen molar-refractivity contribution < 1.29 is 20.1 Å². The first kappa shape index (κ1) is 22.6. The van der Waals surface area contributed by atoms with Gasteiger partial charge in [0.2, 0.25) is 0 Å². The van der Waals surface area contributed by atoms with Crippen LogP contribution in [0, 0.1) is 52.3 Å². The number of carbonyl (C=O) groups is 1. The Balaban J connectivity index is 1.61. The second-order valence-electron chi connectivity index (χ2n) is 12.0. The van der Waals surface area contributed by atoms with Crippen molar-refractivity contribution in [3.63, 3.8) is 0 Å². The van der Waals surface area contributed by atoms with Crippen LogP contribution in [0.15, 0.2) is 0 Å². The fourth-order valence-electron chi connectivity index (χ4n) is 9.48. The molecule has 1 unspecified atom stereocenters. The number of rotatable bonds is 5. The highest BCUT2D eigenvalue weighted by Gasteiger charge is 2.64. The lowest BCUT2D eigenvalue weighted by molar-refractivity contribution is -0.203. The molecule has 0 spiro atoms. The summed E-state index contributed by atoms with van der Waals surface area (Å²) >= 11 is 0. The van der Waals surface area contributed by atoms with Crippen molar-refractivity contribution >= 4 is 5.97 Å². The van der Waals surface area contributed by atoms with Gasteiger partial charge in [-0.25, -0.2) is 0 Å². The van der Waals surface area contributed by atoms with Crippen molar-refractivity contribution in [2.75, 3.05) is 0 Å². The Bertz CT molecular complexity index is 649. The zero-order valence-corrected chi connectivity index (χ0v) is 19.5. The van der Waals surface area contributed by atoms with E-state index in [9.17, 15) is 15.0 Å². The standard InChI is InChI=1S/C26H44O4/c1-5-17-21-14-16(27)10-12-26(21,4)20-11-13-25(3)18(15(2)6-9-22(28)29)7-8-19(25)23(20)24(17)30/h15-21,23-24,27,30H,5-14H2,1-4H3,(H,28,29)/t15-,16+,17-,18-,19+,20+,21?,23+,24+,25-,26-/m1/s1. The van der Waals surface area contributed by atoms with Gasteiger partial charge in [-0.15, -0.1) is 0 Å². The summed E-state index contributed by atoms with van der Waals surface area (Å²) in [6, 6.07) is 0. The first-order valence-electron chi connectivity index (χ1n) is 12.7. The number of aliphatic hydroxyl groups excluding tert-OH is 2.